The highest BCUT2D eigenvalue weighted by Crippen LogP contribution is 2.35. The highest BCUT2D eigenvalue weighted by atomic mass is 32.2. The molecule has 0 aromatic heterocycles. The van der Waals surface area contributed by atoms with Gasteiger partial charge >= 0.3 is 0 Å². The molecule has 2 aliphatic heterocycles. The minimum atomic E-state index is -3.34. The minimum Gasteiger partial charge on any atom is -0.489 e. The summed E-state index contributed by atoms with van der Waals surface area (Å²) in [5.74, 6) is 0.259. The van der Waals surface area contributed by atoms with E-state index in [4.69, 9.17) is 9.47 Å². The molecule has 1 atom stereocenters. The number of carbonyl (C=O) groups excluding carboxylic acids is 1. The van der Waals surface area contributed by atoms with Gasteiger partial charge in [-0.15, -0.1) is 0 Å². The number of hydrogen-bond donors (Lipinski definition) is 1. The Bertz CT molecular complexity index is 682. The summed E-state index contributed by atoms with van der Waals surface area (Å²) in [6.07, 6.45) is 2.35. The Morgan fingerprint density at radius 1 is 1.36 bits per heavy atom. The lowest BCUT2D eigenvalue weighted by molar-refractivity contribution is -0.124. The van der Waals surface area contributed by atoms with Crippen LogP contribution in [-0.2, 0) is 19.6 Å². The highest BCUT2D eigenvalue weighted by Gasteiger charge is 2.27. The number of carbonyl (C=O) groups is 1. The molecule has 1 amide bonds. The van der Waals surface area contributed by atoms with Crippen LogP contribution in [0.4, 0.5) is 11.4 Å². The molecule has 120 valence electrons. The number of fused-ring (bicyclic) bond motifs is 1. The van der Waals surface area contributed by atoms with Gasteiger partial charge in [0.15, 0.2) is 0 Å². The first-order valence-electron chi connectivity index (χ1n) is 7.12. The molecule has 1 fully saturated rings. The SMILES string of the molecule is CS(=O)(=O)N1CCOc2cc(NC(=O)C3CCCO3)ccc21. The lowest BCUT2D eigenvalue weighted by Crippen LogP contribution is -2.37. The molecule has 2 aliphatic rings. The third kappa shape index (κ3) is 3.02. The zero-order valence-electron chi connectivity index (χ0n) is 12.2. The van der Waals surface area contributed by atoms with E-state index in [9.17, 15) is 13.2 Å². The van der Waals surface area contributed by atoms with E-state index in [1.54, 1.807) is 18.2 Å². The summed E-state index contributed by atoms with van der Waals surface area (Å²) >= 11 is 0. The van der Waals surface area contributed by atoms with E-state index < -0.39 is 16.1 Å². The Morgan fingerprint density at radius 3 is 2.86 bits per heavy atom. The van der Waals surface area contributed by atoms with E-state index in [0.717, 1.165) is 19.1 Å². The van der Waals surface area contributed by atoms with E-state index in [-0.39, 0.29) is 19.1 Å². The van der Waals surface area contributed by atoms with E-state index in [1.807, 2.05) is 0 Å². The van der Waals surface area contributed by atoms with E-state index in [1.165, 1.54) is 4.31 Å². The maximum Gasteiger partial charge on any atom is 0.253 e. The van der Waals surface area contributed by atoms with Crippen LogP contribution in [0.15, 0.2) is 18.2 Å². The average molecular weight is 326 g/mol. The quantitative estimate of drug-likeness (QED) is 0.894. The van der Waals surface area contributed by atoms with Gasteiger partial charge in [0.05, 0.1) is 18.5 Å². The van der Waals surface area contributed by atoms with E-state index in [2.05, 4.69) is 5.32 Å². The summed E-state index contributed by atoms with van der Waals surface area (Å²) in [7, 11) is -3.34. The number of anilines is 2. The monoisotopic (exact) mass is 326 g/mol. The van der Waals surface area contributed by atoms with Gasteiger partial charge in [0, 0.05) is 18.4 Å². The van der Waals surface area contributed by atoms with Crippen molar-refractivity contribution in [2.45, 2.75) is 18.9 Å². The fourth-order valence-corrected chi connectivity index (χ4v) is 3.54. The second-order valence-electron chi connectivity index (χ2n) is 5.36. The first-order chi connectivity index (χ1) is 10.4. The normalized spacial score (nSPS) is 21.1. The smallest absolute Gasteiger partial charge is 0.253 e. The van der Waals surface area contributed by atoms with Crippen molar-refractivity contribution < 1.29 is 22.7 Å². The van der Waals surface area contributed by atoms with Crippen LogP contribution in [-0.4, -0.2) is 46.4 Å². The third-order valence-electron chi connectivity index (χ3n) is 3.67. The molecule has 0 saturated carbocycles. The fourth-order valence-electron chi connectivity index (χ4n) is 2.62. The average Bonchev–Trinajstić information content (AvgIpc) is 2.99. The Hall–Kier alpha value is -1.80. The first kappa shape index (κ1) is 15.1. The highest BCUT2D eigenvalue weighted by molar-refractivity contribution is 7.92. The second-order valence-corrected chi connectivity index (χ2v) is 7.26. The van der Waals surface area contributed by atoms with E-state index in [0.29, 0.717) is 23.7 Å². The Kier molecular flexibility index (Phi) is 3.96. The zero-order chi connectivity index (χ0) is 15.7. The van der Waals surface area contributed by atoms with Gasteiger partial charge in [0.25, 0.3) is 5.91 Å². The fraction of sp³-hybridized carbons (Fsp3) is 0.500. The number of amides is 1. The Morgan fingerprint density at radius 2 is 2.18 bits per heavy atom. The van der Waals surface area contributed by atoms with Gasteiger partial charge in [-0.05, 0) is 25.0 Å². The van der Waals surface area contributed by atoms with Crippen LogP contribution in [0.25, 0.3) is 0 Å². The molecule has 3 rings (SSSR count). The van der Waals surface area contributed by atoms with Crippen molar-refractivity contribution in [3.8, 4) is 5.75 Å². The van der Waals surface area contributed by atoms with Gasteiger partial charge in [-0.3, -0.25) is 9.10 Å². The molecule has 22 heavy (non-hydrogen) atoms. The Balaban J connectivity index is 1.80. The molecule has 8 heteroatoms. The maximum atomic E-state index is 12.0. The van der Waals surface area contributed by atoms with Crippen molar-refractivity contribution in [2.24, 2.45) is 0 Å². The third-order valence-corrected chi connectivity index (χ3v) is 4.85. The number of rotatable bonds is 3. The van der Waals surface area contributed by atoms with Crippen LogP contribution in [0.3, 0.4) is 0 Å². The molecule has 1 aromatic carbocycles. The summed E-state index contributed by atoms with van der Waals surface area (Å²) in [5.41, 5.74) is 1.05. The van der Waals surface area contributed by atoms with Crippen LogP contribution in [0.1, 0.15) is 12.8 Å². The lowest BCUT2D eigenvalue weighted by Gasteiger charge is -2.29. The summed E-state index contributed by atoms with van der Waals surface area (Å²) in [4.78, 5) is 12.0. The van der Waals surface area contributed by atoms with Crippen molar-refractivity contribution in [3.63, 3.8) is 0 Å². The van der Waals surface area contributed by atoms with E-state index >= 15 is 0 Å². The van der Waals surface area contributed by atoms with Gasteiger partial charge in [-0.25, -0.2) is 8.42 Å². The number of sulfonamides is 1. The number of benzene rings is 1. The molecule has 7 nitrogen and oxygen atoms in total. The molecular formula is C14H18N2O5S. The molecule has 2 heterocycles. The molecule has 0 bridgehead atoms. The van der Waals surface area contributed by atoms with Crippen LogP contribution in [0.2, 0.25) is 0 Å². The van der Waals surface area contributed by atoms with Crippen LogP contribution < -0.4 is 14.4 Å². The van der Waals surface area contributed by atoms with Crippen LogP contribution in [0, 0.1) is 0 Å². The van der Waals surface area contributed by atoms with Crippen LogP contribution in [0.5, 0.6) is 5.75 Å². The van der Waals surface area contributed by atoms with Crippen molar-refractivity contribution in [3.05, 3.63) is 18.2 Å². The van der Waals surface area contributed by atoms with Crippen LogP contribution >= 0.6 is 0 Å². The molecule has 1 unspecified atom stereocenters. The molecular weight excluding hydrogens is 308 g/mol. The molecule has 0 aliphatic carbocycles. The molecule has 1 aromatic rings. The van der Waals surface area contributed by atoms with Crippen molar-refractivity contribution in [1.82, 2.24) is 0 Å². The van der Waals surface area contributed by atoms with Gasteiger partial charge in [0.1, 0.15) is 18.5 Å². The summed E-state index contributed by atoms with van der Waals surface area (Å²) < 4.78 is 35.7. The van der Waals surface area contributed by atoms with Crippen molar-refractivity contribution >= 4 is 27.3 Å². The van der Waals surface area contributed by atoms with Gasteiger partial charge in [0.2, 0.25) is 10.0 Å². The summed E-state index contributed by atoms with van der Waals surface area (Å²) in [5, 5.41) is 2.78. The number of nitrogens with one attached hydrogen (secondary N) is 1. The predicted molar refractivity (Wildman–Crippen MR) is 81.7 cm³/mol. The predicted octanol–water partition coefficient (Wildman–Crippen LogP) is 0.962. The number of nitrogens with zero attached hydrogens (tertiary/aromatic N) is 1. The lowest BCUT2D eigenvalue weighted by atomic mass is 10.2. The number of hydrogen-bond acceptors (Lipinski definition) is 5. The van der Waals surface area contributed by atoms with Gasteiger partial charge < -0.3 is 14.8 Å². The standard InChI is InChI=1S/C14H18N2O5S/c1-22(18,19)16-6-8-21-13-9-10(4-5-11(13)16)15-14(17)12-3-2-7-20-12/h4-5,9,12H,2-3,6-8H2,1H3,(H,15,17). The number of ether oxygens (including phenoxy) is 2. The molecule has 1 saturated heterocycles. The molecule has 0 radical (unpaired) electrons. The van der Waals surface area contributed by atoms with Crippen molar-refractivity contribution in [1.29, 1.82) is 0 Å². The topological polar surface area (TPSA) is 84.9 Å². The summed E-state index contributed by atoms with van der Waals surface area (Å²) in [6, 6.07) is 4.94. The summed E-state index contributed by atoms with van der Waals surface area (Å²) in [6.45, 7) is 1.17. The van der Waals surface area contributed by atoms with Crippen molar-refractivity contribution in [2.75, 3.05) is 35.6 Å². The minimum absolute atomic E-state index is 0.187. The zero-order valence-corrected chi connectivity index (χ0v) is 13.1. The van der Waals surface area contributed by atoms with Gasteiger partial charge in [-0.1, -0.05) is 0 Å². The largest absolute Gasteiger partial charge is 0.489 e. The molecule has 0 spiro atoms. The Labute approximate surface area is 129 Å². The molecule has 1 N–H and O–H groups in total. The maximum absolute atomic E-state index is 12.0. The van der Waals surface area contributed by atoms with Gasteiger partial charge in [-0.2, -0.15) is 0 Å². The second kappa shape index (κ2) is 5.77. The first-order valence-corrected chi connectivity index (χ1v) is 8.97.